The highest BCUT2D eigenvalue weighted by Crippen LogP contribution is 2.28. The van der Waals surface area contributed by atoms with Crippen molar-refractivity contribution in [3.8, 4) is 0 Å². The molecule has 7 heteroatoms. The Labute approximate surface area is 131 Å². The monoisotopic (exact) mass is 331 g/mol. The lowest BCUT2D eigenvalue weighted by atomic mass is 10.2. The number of aryl methyl sites for hydroxylation is 1. The van der Waals surface area contributed by atoms with Crippen molar-refractivity contribution < 1.29 is 8.42 Å². The predicted octanol–water partition coefficient (Wildman–Crippen LogP) is 1.83. The van der Waals surface area contributed by atoms with Crippen LogP contribution in [0.5, 0.6) is 0 Å². The van der Waals surface area contributed by atoms with Crippen LogP contribution in [0.25, 0.3) is 0 Å². The number of hydrogen-bond acceptors (Lipinski definition) is 6. The first-order chi connectivity index (χ1) is 9.91. The zero-order chi connectivity index (χ0) is 15.5. The number of anilines is 1. The molecule has 21 heavy (non-hydrogen) atoms. The summed E-state index contributed by atoms with van der Waals surface area (Å²) in [6.45, 7) is 8.41. The maximum Gasteiger partial charge on any atom is 0.185 e. The number of sulfone groups is 1. The summed E-state index contributed by atoms with van der Waals surface area (Å²) < 4.78 is 23.1. The van der Waals surface area contributed by atoms with Crippen LogP contribution < -0.4 is 10.2 Å². The maximum atomic E-state index is 11.5. The van der Waals surface area contributed by atoms with Crippen molar-refractivity contribution >= 4 is 26.3 Å². The van der Waals surface area contributed by atoms with Crippen LogP contribution in [-0.4, -0.2) is 44.0 Å². The molecule has 1 aromatic heterocycles. The number of thiazole rings is 1. The summed E-state index contributed by atoms with van der Waals surface area (Å²) >= 11 is 1.71. The van der Waals surface area contributed by atoms with E-state index >= 15 is 0 Å². The van der Waals surface area contributed by atoms with Crippen LogP contribution >= 0.6 is 11.3 Å². The Hall–Kier alpha value is -0.660. The molecular weight excluding hydrogens is 306 g/mol. The van der Waals surface area contributed by atoms with Crippen LogP contribution in [0.2, 0.25) is 0 Å². The highest BCUT2D eigenvalue weighted by Gasteiger charge is 2.24. The van der Waals surface area contributed by atoms with Crippen LogP contribution in [0.15, 0.2) is 0 Å². The fraction of sp³-hybridized carbons (Fsp3) is 0.786. The van der Waals surface area contributed by atoms with Crippen molar-refractivity contribution in [1.82, 2.24) is 10.3 Å². The molecule has 0 aliphatic carbocycles. The average molecular weight is 332 g/mol. The fourth-order valence-electron chi connectivity index (χ4n) is 2.28. The molecule has 2 rings (SSSR count). The third kappa shape index (κ3) is 4.66. The van der Waals surface area contributed by atoms with Gasteiger partial charge in [0.1, 0.15) is 0 Å². The van der Waals surface area contributed by atoms with E-state index in [-0.39, 0.29) is 11.5 Å². The first-order valence-corrected chi connectivity index (χ1v) is 10.2. The molecule has 0 saturated carbocycles. The van der Waals surface area contributed by atoms with E-state index < -0.39 is 9.84 Å². The first-order valence-electron chi connectivity index (χ1n) is 7.58. The molecule has 0 amide bonds. The quantitative estimate of drug-likeness (QED) is 0.862. The number of nitrogens with one attached hydrogen (secondary N) is 1. The normalized spacial score (nSPS) is 18.4. The maximum absolute atomic E-state index is 11.5. The summed E-state index contributed by atoms with van der Waals surface area (Å²) in [5.74, 6) is 0.491. The molecule has 0 spiro atoms. The topological polar surface area (TPSA) is 62.3 Å². The van der Waals surface area contributed by atoms with E-state index in [4.69, 9.17) is 4.98 Å². The van der Waals surface area contributed by atoms with E-state index in [0.717, 1.165) is 24.5 Å². The van der Waals surface area contributed by atoms with E-state index in [1.54, 1.807) is 11.3 Å². The van der Waals surface area contributed by atoms with Gasteiger partial charge in [-0.2, -0.15) is 0 Å². The Morgan fingerprint density at radius 3 is 2.57 bits per heavy atom. The molecule has 1 aliphatic rings. The van der Waals surface area contributed by atoms with E-state index in [1.807, 2.05) is 0 Å². The molecule has 120 valence electrons. The van der Waals surface area contributed by atoms with Gasteiger partial charge >= 0.3 is 0 Å². The van der Waals surface area contributed by atoms with Crippen molar-refractivity contribution in [3.05, 3.63) is 10.6 Å². The summed E-state index contributed by atoms with van der Waals surface area (Å²) in [6, 6.07) is 0.449. The third-order valence-electron chi connectivity index (χ3n) is 3.54. The van der Waals surface area contributed by atoms with Gasteiger partial charge in [0.2, 0.25) is 0 Å². The van der Waals surface area contributed by atoms with Crippen molar-refractivity contribution in [1.29, 1.82) is 0 Å². The van der Waals surface area contributed by atoms with Gasteiger partial charge in [0.15, 0.2) is 15.0 Å². The Kier molecular flexibility index (Phi) is 5.62. The Balaban J connectivity index is 2.11. The standard InChI is InChI=1S/C14H25N3O2S2/c1-4-5-12-13(10-15-11(2)3)20-14(16-12)17-6-8-21(18,19)9-7-17/h11,15H,4-10H2,1-3H3. The van der Waals surface area contributed by atoms with Crippen LogP contribution in [0.1, 0.15) is 37.8 Å². The van der Waals surface area contributed by atoms with E-state index in [0.29, 0.717) is 19.1 Å². The molecule has 1 aromatic rings. The number of aromatic nitrogens is 1. The van der Waals surface area contributed by atoms with Gasteiger partial charge < -0.3 is 10.2 Å². The number of nitrogens with zero attached hydrogens (tertiary/aromatic N) is 2. The van der Waals surface area contributed by atoms with Crippen LogP contribution in [0.3, 0.4) is 0 Å². The summed E-state index contributed by atoms with van der Waals surface area (Å²) in [6.07, 6.45) is 2.06. The van der Waals surface area contributed by atoms with E-state index in [9.17, 15) is 8.42 Å². The molecule has 0 atom stereocenters. The molecule has 2 heterocycles. The second-order valence-electron chi connectivity index (χ2n) is 5.79. The van der Waals surface area contributed by atoms with Crippen molar-refractivity contribution in [2.45, 2.75) is 46.2 Å². The fourth-order valence-corrected chi connectivity index (χ4v) is 4.59. The molecular formula is C14H25N3O2S2. The zero-order valence-corrected chi connectivity index (χ0v) is 14.7. The lowest BCUT2D eigenvalue weighted by Gasteiger charge is -2.25. The molecule has 0 radical (unpaired) electrons. The number of hydrogen-bond donors (Lipinski definition) is 1. The average Bonchev–Trinajstić information content (AvgIpc) is 2.80. The van der Waals surface area contributed by atoms with Gasteiger partial charge in [-0.3, -0.25) is 0 Å². The molecule has 0 bridgehead atoms. The first kappa shape index (κ1) is 16.7. The minimum absolute atomic E-state index is 0.245. The van der Waals surface area contributed by atoms with Gasteiger partial charge in [0, 0.05) is 30.6 Å². The van der Waals surface area contributed by atoms with E-state index in [2.05, 4.69) is 31.0 Å². The zero-order valence-electron chi connectivity index (χ0n) is 13.1. The molecule has 5 nitrogen and oxygen atoms in total. The van der Waals surface area contributed by atoms with Crippen LogP contribution in [0, 0.1) is 0 Å². The summed E-state index contributed by atoms with van der Waals surface area (Å²) in [7, 11) is -2.84. The largest absolute Gasteiger partial charge is 0.346 e. The molecule has 1 N–H and O–H groups in total. The predicted molar refractivity (Wildman–Crippen MR) is 89.0 cm³/mol. The Morgan fingerprint density at radius 2 is 2.00 bits per heavy atom. The molecule has 1 aliphatic heterocycles. The van der Waals surface area contributed by atoms with Gasteiger partial charge in [-0.25, -0.2) is 13.4 Å². The van der Waals surface area contributed by atoms with Crippen molar-refractivity contribution in [2.75, 3.05) is 29.5 Å². The number of rotatable bonds is 6. The van der Waals surface area contributed by atoms with Gasteiger partial charge in [0.05, 0.1) is 17.2 Å². The Morgan fingerprint density at radius 1 is 1.33 bits per heavy atom. The molecule has 0 aromatic carbocycles. The minimum Gasteiger partial charge on any atom is -0.346 e. The van der Waals surface area contributed by atoms with Gasteiger partial charge in [-0.15, -0.1) is 11.3 Å². The van der Waals surface area contributed by atoms with Crippen molar-refractivity contribution in [2.24, 2.45) is 0 Å². The second-order valence-corrected chi connectivity index (χ2v) is 9.16. The molecule has 1 saturated heterocycles. The van der Waals surface area contributed by atoms with E-state index in [1.165, 1.54) is 10.6 Å². The second kappa shape index (κ2) is 7.07. The lowest BCUT2D eigenvalue weighted by Crippen LogP contribution is -2.40. The SMILES string of the molecule is CCCc1nc(N2CCS(=O)(=O)CC2)sc1CNC(C)C. The summed E-state index contributed by atoms with van der Waals surface area (Å²) in [4.78, 5) is 8.16. The summed E-state index contributed by atoms with van der Waals surface area (Å²) in [5.41, 5.74) is 1.17. The molecule has 1 fully saturated rings. The lowest BCUT2D eigenvalue weighted by molar-refractivity contribution is 0.586. The molecule has 0 unspecified atom stereocenters. The minimum atomic E-state index is -2.84. The van der Waals surface area contributed by atoms with Gasteiger partial charge in [-0.05, 0) is 6.42 Å². The smallest absolute Gasteiger partial charge is 0.185 e. The highest BCUT2D eigenvalue weighted by atomic mass is 32.2. The van der Waals surface area contributed by atoms with Crippen molar-refractivity contribution in [3.63, 3.8) is 0 Å². The third-order valence-corrected chi connectivity index (χ3v) is 6.31. The van der Waals surface area contributed by atoms with Gasteiger partial charge in [0.25, 0.3) is 0 Å². The van der Waals surface area contributed by atoms with Crippen LogP contribution in [-0.2, 0) is 22.8 Å². The Bertz CT molecular complexity index is 553. The van der Waals surface area contributed by atoms with Crippen LogP contribution in [0.4, 0.5) is 5.13 Å². The van der Waals surface area contributed by atoms with Gasteiger partial charge in [-0.1, -0.05) is 27.2 Å². The summed E-state index contributed by atoms with van der Waals surface area (Å²) in [5, 5.41) is 4.43. The highest BCUT2D eigenvalue weighted by molar-refractivity contribution is 7.91.